The first-order valence-corrected chi connectivity index (χ1v) is 9.08. The maximum absolute atomic E-state index is 12.3. The van der Waals surface area contributed by atoms with Crippen LogP contribution in [0.25, 0.3) is 0 Å². The minimum Gasteiger partial charge on any atom is -0.356 e. The van der Waals surface area contributed by atoms with Crippen molar-refractivity contribution in [3.05, 3.63) is 12.7 Å². The Morgan fingerprint density at radius 3 is 2.92 bits per heavy atom. The van der Waals surface area contributed by atoms with E-state index in [1.165, 1.54) is 19.2 Å². The zero-order chi connectivity index (χ0) is 17.2. The smallest absolute Gasteiger partial charge is 0.224 e. The molecule has 7 heteroatoms. The minimum atomic E-state index is -0.0692. The number of likely N-dealkylation sites (tertiary alicyclic amines) is 1. The second-order valence-corrected chi connectivity index (χ2v) is 6.44. The fourth-order valence-corrected chi connectivity index (χ4v) is 3.04. The molecule has 1 atom stereocenters. The van der Waals surface area contributed by atoms with E-state index in [2.05, 4.69) is 22.3 Å². The van der Waals surface area contributed by atoms with Crippen LogP contribution < -0.4 is 5.32 Å². The lowest BCUT2D eigenvalue weighted by Gasteiger charge is -2.32. The summed E-state index contributed by atoms with van der Waals surface area (Å²) in [5, 5.41) is 7.03. The Hall–Kier alpha value is -1.92. The molecule has 1 aromatic rings. The molecule has 1 N–H and O–H groups in total. The molecular weight excluding hydrogens is 306 g/mol. The van der Waals surface area contributed by atoms with E-state index in [1.807, 2.05) is 4.90 Å². The third-order valence-corrected chi connectivity index (χ3v) is 4.50. The van der Waals surface area contributed by atoms with Gasteiger partial charge in [-0.05, 0) is 19.3 Å². The van der Waals surface area contributed by atoms with E-state index in [0.717, 1.165) is 38.8 Å². The van der Waals surface area contributed by atoms with E-state index in [-0.39, 0.29) is 17.7 Å². The number of piperidine rings is 1. The van der Waals surface area contributed by atoms with Crippen LogP contribution in [0.2, 0.25) is 0 Å². The van der Waals surface area contributed by atoms with Crippen LogP contribution in [0.1, 0.15) is 51.9 Å². The van der Waals surface area contributed by atoms with Crippen LogP contribution in [-0.4, -0.2) is 51.1 Å². The van der Waals surface area contributed by atoms with Gasteiger partial charge in [-0.3, -0.25) is 14.3 Å². The molecule has 0 radical (unpaired) electrons. The molecule has 0 aliphatic carbocycles. The number of nitrogens with zero attached hydrogens (tertiary/aromatic N) is 4. The van der Waals surface area contributed by atoms with Gasteiger partial charge in [0.05, 0.1) is 12.5 Å². The van der Waals surface area contributed by atoms with E-state index in [4.69, 9.17) is 0 Å². The Morgan fingerprint density at radius 1 is 1.29 bits per heavy atom. The summed E-state index contributed by atoms with van der Waals surface area (Å²) in [7, 11) is 0. The van der Waals surface area contributed by atoms with Gasteiger partial charge >= 0.3 is 0 Å². The molecule has 24 heavy (non-hydrogen) atoms. The number of hydrogen-bond acceptors (Lipinski definition) is 4. The normalized spacial score (nSPS) is 17.7. The van der Waals surface area contributed by atoms with Crippen molar-refractivity contribution in [2.24, 2.45) is 5.92 Å². The van der Waals surface area contributed by atoms with Crippen molar-refractivity contribution in [3.63, 3.8) is 0 Å². The third-order valence-electron chi connectivity index (χ3n) is 4.50. The molecule has 1 aliphatic rings. The molecule has 7 nitrogen and oxygen atoms in total. The summed E-state index contributed by atoms with van der Waals surface area (Å²) in [5.74, 6) is 0.117. The predicted octanol–water partition coefficient (Wildman–Crippen LogP) is 1.60. The quantitative estimate of drug-likeness (QED) is 0.695. The molecule has 1 saturated heterocycles. The Labute approximate surface area is 143 Å². The Kier molecular flexibility index (Phi) is 7.71. The number of hydrogen-bond donors (Lipinski definition) is 1. The van der Waals surface area contributed by atoms with E-state index in [9.17, 15) is 9.59 Å². The fourth-order valence-electron chi connectivity index (χ4n) is 3.04. The first-order valence-electron chi connectivity index (χ1n) is 9.08. The molecule has 0 aromatic carbocycles. The monoisotopic (exact) mass is 335 g/mol. The maximum atomic E-state index is 12.3. The number of unbranched alkanes of at least 4 members (excludes halogenated alkanes) is 3. The lowest BCUT2D eigenvalue weighted by molar-refractivity contribution is -0.135. The van der Waals surface area contributed by atoms with Gasteiger partial charge in [-0.1, -0.05) is 26.2 Å². The number of carbonyl (C=O) groups is 2. The topological polar surface area (TPSA) is 80.1 Å². The molecule has 1 aliphatic heterocycles. The predicted molar refractivity (Wildman–Crippen MR) is 91.1 cm³/mol. The van der Waals surface area contributed by atoms with Crippen molar-refractivity contribution >= 4 is 11.8 Å². The van der Waals surface area contributed by atoms with Crippen LogP contribution >= 0.6 is 0 Å². The van der Waals surface area contributed by atoms with E-state index in [1.54, 1.807) is 11.0 Å². The van der Waals surface area contributed by atoms with Crippen molar-refractivity contribution in [2.45, 2.75) is 58.4 Å². The summed E-state index contributed by atoms with van der Waals surface area (Å²) < 4.78 is 1.66. The summed E-state index contributed by atoms with van der Waals surface area (Å²) in [6.07, 6.45) is 9.84. The molecule has 2 amide bonds. The molecule has 0 saturated carbocycles. The van der Waals surface area contributed by atoms with Crippen LogP contribution in [0.15, 0.2) is 12.7 Å². The molecule has 2 heterocycles. The molecule has 134 valence electrons. The largest absolute Gasteiger partial charge is 0.356 e. The van der Waals surface area contributed by atoms with Gasteiger partial charge in [-0.15, -0.1) is 0 Å². The van der Waals surface area contributed by atoms with Crippen molar-refractivity contribution in [1.29, 1.82) is 0 Å². The van der Waals surface area contributed by atoms with Gasteiger partial charge in [0.2, 0.25) is 11.8 Å². The van der Waals surface area contributed by atoms with Gasteiger partial charge in [0.15, 0.2) is 0 Å². The highest BCUT2D eigenvalue weighted by atomic mass is 16.2. The summed E-state index contributed by atoms with van der Waals surface area (Å²) >= 11 is 0. The molecule has 2 rings (SSSR count). The minimum absolute atomic E-state index is 0.0692. The van der Waals surface area contributed by atoms with Crippen molar-refractivity contribution < 1.29 is 9.59 Å². The number of aryl methyl sites for hydroxylation is 1. The van der Waals surface area contributed by atoms with Gasteiger partial charge in [0.1, 0.15) is 12.7 Å². The number of rotatable bonds is 9. The van der Waals surface area contributed by atoms with Gasteiger partial charge in [0, 0.05) is 26.1 Å². The Bertz CT molecular complexity index is 503. The average Bonchev–Trinajstić information content (AvgIpc) is 3.13. The SMILES string of the molecule is CCCCCCNC(=O)C1CCCN(C(=O)CCn2cncn2)C1. The molecule has 0 bridgehead atoms. The van der Waals surface area contributed by atoms with Crippen LogP contribution in [0.4, 0.5) is 0 Å². The van der Waals surface area contributed by atoms with Gasteiger partial charge < -0.3 is 10.2 Å². The highest BCUT2D eigenvalue weighted by Crippen LogP contribution is 2.17. The van der Waals surface area contributed by atoms with Crippen molar-refractivity contribution in [1.82, 2.24) is 25.0 Å². The Balaban J connectivity index is 1.70. The second-order valence-electron chi connectivity index (χ2n) is 6.44. The number of amides is 2. The van der Waals surface area contributed by atoms with Crippen molar-refractivity contribution in [2.75, 3.05) is 19.6 Å². The van der Waals surface area contributed by atoms with Gasteiger partial charge in [-0.2, -0.15) is 5.10 Å². The second kappa shape index (κ2) is 10.1. The van der Waals surface area contributed by atoms with E-state index >= 15 is 0 Å². The van der Waals surface area contributed by atoms with Gasteiger partial charge in [-0.25, -0.2) is 4.98 Å². The molecule has 1 fully saturated rings. The first kappa shape index (κ1) is 18.4. The molecular formula is C17H29N5O2. The first-order chi connectivity index (χ1) is 11.7. The van der Waals surface area contributed by atoms with Crippen LogP contribution in [-0.2, 0) is 16.1 Å². The number of nitrogens with one attached hydrogen (secondary N) is 1. The molecule has 1 unspecified atom stereocenters. The molecule has 1 aromatic heterocycles. The lowest BCUT2D eigenvalue weighted by atomic mass is 9.96. The summed E-state index contributed by atoms with van der Waals surface area (Å²) in [6.45, 7) is 4.74. The summed E-state index contributed by atoms with van der Waals surface area (Å²) in [5.41, 5.74) is 0. The zero-order valence-corrected chi connectivity index (χ0v) is 14.6. The summed E-state index contributed by atoms with van der Waals surface area (Å²) in [4.78, 5) is 30.3. The van der Waals surface area contributed by atoms with Crippen LogP contribution in [0, 0.1) is 5.92 Å². The van der Waals surface area contributed by atoms with Gasteiger partial charge in [0.25, 0.3) is 0 Å². The highest BCUT2D eigenvalue weighted by molar-refractivity contribution is 5.81. The van der Waals surface area contributed by atoms with Crippen LogP contribution in [0.5, 0.6) is 0 Å². The van der Waals surface area contributed by atoms with Crippen LogP contribution in [0.3, 0.4) is 0 Å². The average molecular weight is 335 g/mol. The lowest BCUT2D eigenvalue weighted by Crippen LogP contribution is -2.45. The highest BCUT2D eigenvalue weighted by Gasteiger charge is 2.27. The maximum Gasteiger partial charge on any atom is 0.224 e. The van der Waals surface area contributed by atoms with Crippen molar-refractivity contribution in [3.8, 4) is 0 Å². The standard InChI is InChI=1S/C17H29N5O2/c1-2-3-4-5-9-19-17(24)15-7-6-10-21(12-15)16(23)8-11-22-14-18-13-20-22/h13-15H,2-12H2,1H3,(H,19,24). The fraction of sp³-hybridized carbons (Fsp3) is 0.765. The zero-order valence-electron chi connectivity index (χ0n) is 14.6. The Morgan fingerprint density at radius 2 is 2.17 bits per heavy atom. The number of carbonyl (C=O) groups excluding carboxylic acids is 2. The molecule has 0 spiro atoms. The summed E-state index contributed by atoms with van der Waals surface area (Å²) in [6, 6.07) is 0. The third kappa shape index (κ3) is 5.94. The van der Waals surface area contributed by atoms with E-state index < -0.39 is 0 Å². The number of aromatic nitrogens is 3. The van der Waals surface area contributed by atoms with E-state index in [0.29, 0.717) is 19.5 Å².